The Kier molecular flexibility index (Phi) is 13.4. The van der Waals surface area contributed by atoms with Gasteiger partial charge in [0.2, 0.25) is 5.91 Å². The lowest BCUT2D eigenvalue weighted by atomic mass is 9.98. The largest absolute Gasteiger partial charge is 0.481 e. The number of rotatable bonds is 14. The highest BCUT2D eigenvalue weighted by Crippen LogP contribution is 2.39. The molecule has 2 fully saturated rings. The Labute approximate surface area is 279 Å². The summed E-state index contributed by atoms with van der Waals surface area (Å²) in [5, 5.41) is 21.3. The van der Waals surface area contributed by atoms with Gasteiger partial charge in [-0.05, 0) is 78.7 Å². The van der Waals surface area contributed by atoms with Crippen molar-refractivity contribution in [2.75, 3.05) is 19.6 Å². The molecular formula is C39H50N2O6. The SMILES string of the molecule is O=C(O)CCCCCC(=O)NCc1cccc(-c2cccc(C3OC(CN4CCCCCCC4)CC(c4ccc(CO)cc4)O3)c2)c1. The standard InChI is InChI=1S/C39H50N2O6/c42-28-29-17-19-31(20-18-29)36-25-35(27-41-21-7-2-1-3-8-22-41)46-39(47-36)34-14-10-13-33(24-34)32-12-9-11-30(23-32)26-40-37(43)15-5-4-6-16-38(44)45/h9-14,17-20,23-24,35-36,39,42H,1-8,15-16,21-22,25-28H2,(H,40,43)(H,44,45). The molecule has 3 aromatic carbocycles. The van der Waals surface area contributed by atoms with E-state index in [2.05, 4.69) is 52.7 Å². The number of aliphatic hydroxyl groups is 1. The topological polar surface area (TPSA) is 108 Å². The van der Waals surface area contributed by atoms with Crippen molar-refractivity contribution in [3.8, 4) is 11.1 Å². The van der Waals surface area contributed by atoms with E-state index in [1.807, 2.05) is 30.3 Å². The molecule has 2 saturated heterocycles. The van der Waals surface area contributed by atoms with Crippen LogP contribution in [0.25, 0.3) is 11.1 Å². The maximum atomic E-state index is 12.4. The van der Waals surface area contributed by atoms with E-state index in [1.54, 1.807) is 0 Å². The molecule has 3 atom stereocenters. The van der Waals surface area contributed by atoms with Gasteiger partial charge in [-0.1, -0.05) is 86.3 Å². The fourth-order valence-corrected chi connectivity index (χ4v) is 6.57. The highest BCUT2D eigenvalue weighted by Gasteiger charge is 2.33. The zero-order valence-corrected chi connectivity index (χ0v) is 27.4. The Morgan fingerprint density at radius 2 is 1.47 bits per heavy atom. The Morgan fingerprint density at radius 1 is 0.766 bits per heavy atom. The van der Waals surface area contributed by atoms with Crippen LogP contribution in [0.4, 0.5) is 0 Å². The van der Waals surface area contributed by atoms with Gasteiger partial charge in [-0.3, -0.25) is 9.59 Å². The van der Waals surface area contributed by atoms with Crippen LogP contribution in [0.3, 0.4) is 0 Å². The van der Waals surface area contributed by atoms with Crippen LogP contribution < -0.4 is 5.32 Å². The second kappa shape index (κ2) is 18.1. The average Bonchev–Trinajstić information content (AvgIpc) is 3.08. The maximum Gasteiger partial charge on any atom is 0.303 e. The van der Waals surface area contributed by atoms with Gasteiger partial charge in [-0.25, -0.2) is 0 Å². The molecule has 252 valence electrons. The van der Waals surface area contributed by atoms with Gasteiger partial charge >= 0.3 is 5.97 Å². The fourth-order valence-electron chi connectivity index (χ4n) is 6.57. The number of hydrogen-bond donors (Lipinski definition) is 3. The van der Waals surface area contributed by atoms with Gasteiger partial charge in [0.05, 0.1) is 18.8 Å². The van der Waals surface area contributed by atoms with Gasteiger partial charge in [-0.2, -0.15) is 0 Å². The van der Waals surface area contributed by atoms with E-state index >= 15 is 0 Å². The molecule has 3 aromatic rings. The lowest BCUT2D eigenvalue weighted by Crippen LogP contribution is -2.40. The number of nitrogens with one attached hydrogen (secondary N) is 1. The molecule has 5 rings (SSSR count). The zero-order chi connectivity index (χ0) is 32.8. The number of aliphatic hydroxyl groups excluding tert-OH is 1. The quantitative estimate of drug-likeness (QED) is 0.158. The zero-order valence-electron chi connectivity index (χ0n) is 27.4. The molecule has 0 aromatic heterocycles. The summed E-state index contributed by atoms with van der Waals surface area (Å²) in [7, 11) is 0. The van der Waals surface area contributed by atoms with Crippen molar-refractivity contribution in [2.45, 2.75) is 102 Å². The number of carbonyl (C=O) groups excluding carboxylic acids is 1. The van der Waals surface area contributed by atoms with Crippen LogP contribution in [0.15, 0.2) is 72.8 Å². The molecule has 8 heteroatoms. The number of ether oxygens (including phenoxy) is 2. The molecule has 0 saturated carbocycles. The van der Waals surface area contributed by atoms with E-state index in [4.69, 9.17) is 14.6 Å². The Bertz CT molecular complexity index is 1420. The summed E-state index contributed by atoms with van der Waals surface area (Å²) in [5.41, 5.74) is 6.07. The number of carboxylic acids is 1. The summed E-state index contributed by atoms with van der Waals surface area (Å²) < 4.78 is 13.4. The minimum Gasteiger partial charge on any atom is -0.481 e. The third-order valence-corrected chi connectivity index (χ3v) is 9.23. The summed E-state index contributed by atoms with van der Waals surface area (Å²) in [5.74, 6) is -0.819. The molecule has 2 aliphatic heterocycles. The minimum absolute atomic E-state index is 0.0195. The average molecular weight is 643 g/mol. The van der Waals surface area contributed by atoms with E-state index in [9.17, 15) is 14.7 Å². The lowest BCUT2D eigenvalue weighted by molar-refractivity contribution is -0.253. The van der Waals surface area contributed by atoms with E-state index < -0.39 is 12.3 Å². The monoisotopic (exact) mass is 642 g/mol. The van der Waals surface area contributed by atoms with E-state index in [1.165, 1.54) is 32.1 Å². The molecule has 0 bridgehead atoms. The molecule has 3 N–H and O–H groups in total. The predicted octanol–water partition coefficient (Wildman–Crippen LogP) is 7.31. The van der Waals surface area contributed by atoms with Crippen molar-refractivity contribution >= 4 is 11.9 Å². The molecule has 0 spiro atoms. The highest BCUT2D eigenvalue weighted by molar-refractivity contribution is 5.76. The molecule has 2 heterocycles. The van der Waals surface area contributed by atoms with E-state index in [-0.39, 0.29) is 31.1 Å². The van der Waals surface area contributed by atoms with Crippen LogP contribution in [0.5, 0.6) is 0 Å². The first-order chi connectivity index (χ1) is 23.0. The fraction of sp³-hybridized carbons (Fsp3) is 0.487. The molecule has 47 heavy (non-hydrogen) atoms. The molecule has 3 unspecified atom stereocenters. The predicted molar refractivity (Wildman–Crippen MR) is 182 cm³/mol. The molecule has 2 aliphatic rings. The molecular weight excluding hydrogens is 592 g/mol. The second-order valence-electron chi connectivity index (χ2n) is 13.0. The van der Waals surface area contributed by atoms with Crippen molar-refractivity contribution in [3.05, 3.63) is 95.1 Å². The Balaban J connectivity index is 1.26. The van der Waals surface area contributed by atoms with Gasteiger partial charge in [0, 0.05) is 37.9 Å². The van der Waals surface area contributed by atoms with Gasteiger partial charge in [0.1, 0.15) is 0 Å². The number of unbranched alkanes of at least 4 members (excludes halogenated alkanes) is 2. The van der Waals surface area contributed by atoms with Crippen LogP contribution in [0.2, 0.25) is 0 Å². The van der Waals surface area contributed by atoms with E-state index in [0.717, 1.165) is 65.9 Å². The normalized spacial score (nSPS) is 20.7. The first-order valence-corrected chi connectivity index (χ1v) is 17.4. The number of aliphatic carboxylic acids is 1. The van der Waals surface area contributed by atoms with Crippen LogP contribution in [-0.4, -0.2) is 52.7 Å². The van der Waals surface area contributed by atoms with Crippen molar-refractivity contribution in [1.82, 2.24) is 10.2 Å². The third kappa shape index (κ3) is 11.0. The maximum absolute atomic E-state index is 12.4. The number of carbonyl (C=O) groups is 2. The Hall–Kier alpha value is -3.56. The first kappa shape index (κ1) is 34.8. The number of benzene rings is 3. The number of hydrogen-bond acceptors (Lipinski definition) is 6. The van der Waals surface area contributed by atoms with Crippen LogP contribution in [-0.2, 0) is 32.2 Å². The summed E-state index contributed by atoms with van der Waals surface area (Å²) in [6.45, 7) is 3.57. The number of carboxylic acid groups (broad SMARTS) is 1. The van der Waals surface area contributed by atoms with Crippen molar-refractivity contribution in [3.63, 3.8) is 0 Å². The van der Waals surface area contributed by atoms with Gasteiger partial charge in [0.15, 0.2) is 6.29 Å². The summed E-state index contributed by atoms with van der Waals surface area (Å²) in [6, 6.07) is 24.6. The number of amides is 1. The van der Waals surface area contributed by atoms with Gasteiger partial charge in [0.25, 0.3) is 0 Å². The molecule has 0 radical (unpaired) electrons. The molecule has 1 amide bonds. The van der Waals surface area contributed by atoms with Crippen LogP contribution >= 0.6 is 0 Å². The van der Waals surface area contributed by atoms with Crippen LogP contribution in [0.1, 0.15) is 105 Å². The van der Waals surface area contributed by atoms with Crippen molar-refractivity contribution in [2.24, 2.45) is 0 Å². The van der Waals surface area contributed by atoms with Crippen LogP contribution in [0, 0.1) is 0 Å². The Morgan fingerprint density at radius 3 is 2.21 bits per heavy atom. The second-order valence-corrected chi connectivity index (χ2v) is 13.0. The van der Waals surface area contributed by atoms with Gasteiger partial charge < -0.3 is 29.9 Å². The van der Waals surface area contributed by atoms with Gasteiger partial charge in [-0.15, -0.1) is 0 Å². The highest BCUT2D eigenvalue weighted by atomic mass is 16.7. The molecule has 8 nitrogen and oxygen atoms in total. The minimum atomic E-state index is -0.796. The number of nitrogens with zero attached hydrogens (tertiary/aromatic N) is 1. The van der Waals surface area contributed by atoms with E-state index in [0.29, 0.717) is 25.8 Å². The van der Waals surface area contributed by atoms with Crippen molar-refractivity contribution in [1.29, 1.82) is 0 Å². The first-order valence-electron chi connectivity index (χ1n) is 17.4. The van der Waals surface area contributed by atoms with Crippen molar-refractivity contribution < 1.29 is 29.3 Å². The summed E-state index contributed by atoms with van der Waals surface area (Å²) in [4.78, 5) is 25.6. The summed E-state index contributed by atoms with van der Waals surface area (Å²) >= 11 is 0. The smallest absolute Gasteiger partial charge is 0.303 e. The summed E-state index contributed by atoms with van der Waals surface area (Å²) in [6.07, 6.45) is 9.13. The molecule has 0 aliphatic carbocycles. The number of likely N-dealkylation sites (tertiary alicyclic amines) is 1. The lowest BCUT2D eigenvalue weighted by Gasteiger charge is -2.39. The third-order valence-electron chi connectivity index (χ3n) is 9.23.